The van der Waals surface area contributed by atoms with Crippen LogP contribution in [0.1, 0.15) is 11.3 Å². The number of nitrogens with zero attached hydrogens (tertiary/aromatic N) is 1. The number of hydrogen-bond donors (Lipinski definition) is 0. The number of rotatable bonds is 5. The van der Waals surface area contributed by atoms with Crippen LogP contribution < -0.4 is 4.74 Å². The predicted molar refractivity (Wildman–Crippen MR) is 94.2 cm³/mol. The average molecular weight is 443 g/mol. The van der Waals surface area contributed by atoms with E-state index in [0.29, 0.717) is 17.2 Å². The summed E-state index contributed by atoms with van der Waals surface area (Å²) in [6, 6.07) is 9.37. The van der Waals surface area contributed by atoms with Crippen LogP contribution in [0.2, 0.25) is 0 Å². The zero-order chi connectivity index (χ0) is 22.4. The molecule has 31 heavy (non-hydrogen) atoms. The molecular weight excluding hydrogens is 431 g/mol. The van der Waals surface area contributed by atoms with Crippen molar-refractivity contribution in [2.45, 2.75) is 17.9 Å². The molecular formula is C21H12F7NO2. The molecule has 3 nitrogen and oxygen atoms in total. The van der Waals surface area contributed by atoms with Gasteiger partial charge >= 0.3 is 12.3 Å². The van der Waals surface area contributed by atoms with E-state index >= 15 is 8.78 Å². The first-order chi connectivity index (χ1) is 14.5. The molecule has 0 unspecified atom stereocenters. The second kappa shape index (κ2) is 7.23. The Hall–Kier alpha value is -3.14. The Labute approximate surface area is 171 Å². The Balaban J connectivity index is 1.59. The second-order valence-electron chi connectivity index (χ2n) is 6.82. The van der Waals surface area contributed by atoms with Gasteiger partial charge in [0.05, 0.1) is 6.61 Å². The van der Waals surface area contributed by atoms with Crippen molar-refractivity contribution in [2.75, 3.05) is 6.61 Å². The quantitative estimate of drug-likeness (QED) is 0.362. The zero-order valence-corrected chi connectivity index (χ0v) is 15.4. The van der Waals surface area contributed by atoms with E-state index in [1.54, 1.807) is 0 Å². The summed E-state index contributed by atoms with van der Waals surface area (Å²) < 4.78 is 103. The summed E-state index contributed by atoms with van der Waals surface area (Å²) in [5, 5.41) is 0. The molecule has 1 aliphatic rings. The number of ether oxygens (including phenoxy) is 2. The van der Waals surface area contributed by atoms with E-state index in [4.69, 9.17) is 4.74 Å². The first-order valence-corrected chi connectivity index (χ1v) is 8.82. The number of aromatic nitrogens is 1. The van der Waals surface area contributed by atoms with E-state index in [1.165, 1.54) is 18.2 Å². The van der Waals surface area contributed by atoms with Gasteiger partial charge in [0.15, 0.2) is 5.60 Å². The summed E-state index contributed by atoms with van der Waals surface area (Å²) in [6.45, 7) is -0.480. The van der Waals surface area contributed by atoms with Gasteiger partial charge in [0.25, 0.3) is 0 Å². The van der Waals surface area contributed by atoms with Crippen LogP contribution in [0.25, 0.3) is 11.1 Å². The summed E-state index contributed by atoms with van der Waals surface area (Å²) in [5.41, 5.74) is -2.70. The van der Waals surface area contributed by atoms with Gasteiger partial charge in [-0.3, -0.25) is 4.98 Å². The molecule has 4 rings (SSSR count). The number of halogens is 7. The highest BCUT2D eigenvalue weighted by molar-refractivity contribution is 5.63. The van der Waals surface area contributed by atoms with Crippen LogP contribution in [0.5, 0.6) is 5.75 Å². The van der Waals surface area contributed by atoms with Crippen molar-refractivity contribution < 1.29 is 40.2 Å². The van der Waals surface area contributed by atoms with E-state index in [-0.39, 0.29) is 0 Å². The van der Waals surface area contributed by atoms with Gasteiger partial charge in [-0.15, -0.1) is 13.2 Å². The highest BCUT2D eigenvalue weighted by Gasteiger charge is 2.68. The Morgan fingerprint density at radius 2 is 1.52 bits per heavy atom. The van der Waals surface area contributed by atoms with Crippen molar-refractivity contribution in [3.8, 4) is 16.9 Å². The average Bonchev–Trinajstić information content (AvgIpc) is 3.50. The SMILES string of the molecule is Fc1ccc([C@@]2(C(F)(F)c3ccc(-c4ccc(OC(F)(F)F)cc4)cn3)CO2)c(F)c1. The molecule has 0 aliphatic carbocycles. The van der Waals surface area contributed by atoms with Gasteiger partial charge in [0.2, 0.25) is 0 Å². The molecule has 2 heterocycles. The van der Waals surface area contributed by atoms with E-state index in [9.17, 15) is 22.0 Å². The topological polar surface area (TPSA) is 34.6 Å². The molecule has 2 aromatic carbocycles. The predicted octanol–water partition coefficient (Wildman–Crippen LogP) is 5.94. The maximum Gasteiger partial charge on any atom is 0.573 e. The lowest BCUT2D eigenvalue weighted by atomic mass is 9.90. The van der Waals surface area contributed by atoms with Gasteiger partial charge in [-0.05, 0) is 35.9 Å². The lowest BCUT2D eigenvalue weighted by molar-refractivity contribution is -0.274. The molecule has 1 saturated heterocycles. The van der Waals surface area contributed by atoms with Crippen LogP contribution in [-0.4, -0.2) is 18.0 Å². The van der Waals surface area contributed by atoms with Crippen molar-refractivity contribution >= 4 is 0 Å². The summed E-state index contributed by atoms with van der Waals surface area (Å²) in [5.74, 6) is -6.22. The lowest BCUT2D eigenvalue weighted by Gasteiger charge is -2.24. The smallest absolute Gasteiger partial charge is 0.406 e. The van der Waals surface area contributed by atoms with E-state index in [2.05, 4.69) is 9.72 Å². The molecule has 1 aromatic heterocycles. The summed E-state index contributed by atoms with van der Waals surface area (Å²) in [4.78, 5) is 3.75. The van der Waals surface area contributed by atoms with Crippen molar-refractivity contribution in [1.29, 1.82) is 0 Å². The molecule has 3 aromatic rings. The maximum absolute atomic E-state index is 15.1. The molecule has 10 heteroatoms. The van der Waals surface area contributed by atoms with Gasteiger partial charge < -0.3 is 9.47 Å². The van der Waals surface area contributed by atoms with Crippen molar-refractivity contribution in [3.63, 3.8) is 0 Å². The first-order valence-electron chi connectivity index (χ1n) is 8.82. The minimum atomic E-state index is -4.83. The normalized spacial score (nSPS) is 18.7. The molecule has 1 fully saturated rings. The first kappa shape index (κ1) is 21.1. The third kappa shape index (κ3) is 3.95. The highest BCUT2D eigenvalue weighted by Crippen LogP contribution is 2.56. The molecule has 1 aliphatic heterocycles. The highest BCUT2D eigenvalue weighted by atomic mass is 19.4. The van der Waals surface area contributed by atoms with Gasteiger partial charge in [-0.25, -0.2) is 8.78 Å². The van der Waals surface area contributed by atoms with Gasteiger partial charge in [-0.2, -0.15) is 8.78 Å². The fourth-order valence-electron chi connectivity index (χ4n) is 3.20. The summed E-state index contributed by atoms with van der Waals surface area (Å²) >= 11 is 0. The number of hydrogen-bond acceptors (Lipinski definition) is 3. The summed E-state index contributed by atoms with van der Waals surface area (Å²) in [6.07, 6.45) is -3.72. The zero-order valence-electron chi connectivity index (χ0n) is 15.4. The fraction of sp³-hybridized carbons (Fsp3) is 0.190. The maximum atomic E-state index is 15.1. The van der Waals surface area contributed by atoms with Crippen molar-refractivity contribution in [1.82, 2.24) is 4.98 Å². The number of benzene rings is 2. The molecule has 0 N–H and O–H groups in total. The largest absolute Gasteiger partial charge is 0.573 e. The summed E-state index contributed by atoms with van der Waals surface area (Å²) in [7, 11) is 0. The number of alkyl halides is 5. The van der Waals surface area contributed by atoms with Crippen molar-refractivity contribution in [2.24, 2.45) is 0 Å². The third-order valence-electron chi connectivity index (χ3n) is 4.81. The number of pyridine rings is 1. The molecule has 0 bridgehead atoms. The standard InChI is InChI=1S/C21H12F7NO2/c22-14-4-7-16(17(23)9-14)19(11-30-19)20(24,25)18-8-3-13(10-29-18)12-1-5-15(6-2-12)31-21(26,27)28/h1-10H,11H2/t19-/m1/s1. The number of epoxide rings is 1. The van der Waals surface area contributed by atoms with Crippen molar-refractivity contribution in [3.05, 3.63) is 83.7 Å². The fourth-order valence-corrected chi connectivity index (χ4v) is 3.20. The Morgan fingerprint density at radius 3 is 2.03 bits per heavy atom. The Kier molecular flexibility index (Phi) is 4.92. The van der Waals surface area contributed by atoms with Crippen LogP contribution in [-0.2, 0) is 16.3 Å². The van der Waals surface area contributed by atoms with Gasteiger partial charge in [0.1, 0.15) is 23.1 Å². The minimum Gasteiger partial charge on any atom is -0.406 e. The molecule has 1 atom stereocenters. The van der Waals surface area contributed by atoms with E-state index in [1.807, 2.05) is 0 Å². The van der Waals surface area contributed by atoms with Crippen LogP contribution in [0.3, 0.4) is 0 Å². The monoisotopic (exact) mass is 443 g/mol. The Bertz CT molecular complexity index is 1090. The lowest BCUT2D eigenvalue weighted by Crippen LogP contribution is -2.34. The van der Waals surface area contributed by atoms with E-state index < -0.39 is 53.1 Å². The van der Waals surface area contributed by atoms with Crippen LogP contribution in [0.15, 0.2) is 60.8 Å². The van der Waals surface area contributed by atoms with Gasteiger partial charge in [0, 0.05) is 23.4 Å². The molecule has 0 saturated carbocycles. The van der Waals surface area contributed by atoms with E-state index in [0.717, 1.165) is 36.5 Å². The molecule has 0 radical (unpaired) electrons. The van der Waals surface area contributed by atoms with Crippen LogP contribution >= 0.6 is 0 Å². The molecule has 0 spiro atoms. The Morgan fingerprint density at radius 1 is 0.871 bits per heavy atom. The third-order valence-corrected chi connectivity index (χ3v) is 4.81. The minimum absolute atomic E-state index is 0.358. The molecule has 162 valence electrons. The van der Waals surface area contributed by atoms with Gasteiger partial charge in [-0.1, -0.05) is 18.2 Å². The van der Waals surface area contributed by atoms with Crippen LogP contribution in [0.4, 0.5) is 30.7 Å². The molecule has 0 amide bonds. The van der Waals surface area contributed by atoms with Crippen LogP contribution in [0, 0.1) is 11.6 Å². The second-order valence-corrected chi connectivity index (χ2v) is 6.82.